The fourth-order valence-electron chi connectivity index (χ4n) is 2.44. The summed E-state index contributed by atoms with van der Waals surface area (Å²) in [7, 11) is 0. The Hall–Kier alpha value is -2.75. The highest BCUT2D eigenvalue weighted by Gasteiger charge is 2.24. The van der Waals surface area contributed by atoms with E-state index >= 15 is 0 Å². The lowest BCUT2D eigenvalue weighted by Gasteiger charge is -2.09. The minimum Gasteiger partial charge on any atom is -0.405 e. The maximum atomic E-state index is 5.64. The quantitative estimate of drug-likeness (QED) is 0.739. The SMILES string of the molecule is C=C(Nc1cc2ccc(C(/C=C\N)=C/N)cc2cn1)C1CC1. The second-order valence-corrected chi connectivity index (χ2v) is 5.54. The van der Waals surface area contributed by atoms with Gasteiger partial charge in [0.1, 0.15) is 5.82 Å². The topological polar surface area (TPSA) is 77.0 Å². The van der Waals surface area contributed by atoms with Gasteiger partial charge in [-0.1, -0.05) is 18.7 Å². The Morgan fingerprint density at radius 3 is 2.73 bits per heavy atom. The van der Waals surface area contributed by atoms with Crippen molar-refractivity contribution in [1.82, 2.24) is 4.98 Å². The van der Waals surface area contributed by atoms with Gasteiger partial charge in [0, 0.05) is 23.5 Å². The van der Waals surface area contributed by atoms with Crippen molar-refractivity contribution in [3.05, 3.63) is 66.8 Å². The Kier molecular flexibility index (Phi) is 3.83. The van der Waals surface area contributed by atoms with Crippen LogP contribution in [0.3, 0.4) is 0 Å². The molecule has 1 aromatic carbocycles. The number of hydrogen-bond acceptors (Lipinski definition) is 4. The molecule has 0 unspecified atom stereocenters. The summed E-state index contributed by atoms with van der Waals surface area (Å²) >= 11 is 0. The lowest BCUT2D eigenvalue weighted by atomic mass is 10.0. The molecule has 1 saturated carbocycles. The molecular formula is C18H20N4. The molecule has 1 heterocycles. The van der Waals surface area contributed by atoms with E-state index in [-0.39, 0.29) is 0 Å². The Morgan fingerprint density at radius 2 is 2.05 bits per heavy atom. The van der Waals surface area contributed by atoms with Crippen LogP contribution in [0.25, 0.3) is 16.3 Å². The van der Waals surface area contributed by atoms with Crippen LogP contribution in [0.2, 0.25) is 0 Å². The molecule has 112 valence electrons. The number of nitrogens with zero attached hydrogens (tertiary/aromatic N) is 1. The molecule has 22 heavy (non-hydrogen) atoms. The summed E-state index contributed by atoms with van der Waals surface area (Å²) in [4.78, 5) is 4.46. The molecule has 1 aliphatic rings. The smallest absolute Gasteiger partial charge is 0.130 e. The first-order valence-corrected chi connectivity index (χ1v) is 7.37. The van der Waals surface area contributed by atoms with Gasteiger partial charge in [0.15, 0.2) is 0 Å². The molecule has 4 nitrogen and oxygen atoms in total. The van der Waals surface area contributed by atoms with Gasteiger partial charge in [-0.15, -0.1) is 0 Å². The normalized spacial score (nSPS) is 15.4. The fourth-order valence-corrected chi connectivity index (χ4v) is 2.44. The maximum Gasteiger partial charge on any atom is 0.130 e. The van der Waals surface area contributed by atoms with Gasteiger partial charge in [-0.25, -0.2) is 4.98 Å². The van der Waals surface area contributed by atoms with Crippen LogP contribution >= 0.6 is 0 Å². The summed E-state index contributed by atoms with van der Waals surface area (Å²) in [6.07, 6.45) is 9.13. The minimum absolute atomic E-state index is 0.611. The van der Waals surface area contributed by atoms with Gasteiger partial charge in [0.25, 0.3) is 0 Å². The molecule has 1 fully saturated rings. The summed E-state index contributed by atoms with van der Waals surface area (Å²) in [6.45, 7) is 4.07. The van der Waals surface area contributed by atoms with Gasteiger partial charge in [0.05, 0.1) is 0 Å². The third kappa shape index (κ3) is 2.96. The molecule has 1 aliphatic carbocycles. The third-order valence-electron chi connectivity index (χ3n) is 3.87. The molecule has 0 spiro atoms. The highest BCUT2D eigenvalue weighted by molar-refractivity contribution is 5.88. The van der Waals surface area contributed by atoms with Crippen LogP contribution in [-0.2, 0) is 0 Å². The van der Waals surface area contributed by atoms with Crippen LogP contribution < -0.4 is 16.8 Å². The summed E-state index contributed by atoms with van der Waals surface area (Å²) in [5.74, 6) is 1.45. The first kappa shape index (κ1) is 14.2. The average molecular weight is 292 g/mol. The summed E-state index contributed by atoms with van der Waals surface area (Å²) in [6, 6.07) is 8.18. The first-order chi connectivity index (χ1) is 10.7. The standard InChI is InChI=1S/C18H20N4/c1-12(13-2-3-13)22-18-9-15-5-4-14(8-17(15)11-21-18)16(10-20)6-7-19/h4-11,13H,1-3,19-20H2,(H,21,22)/b7-6-,16-10+. The van der Waals surface area contributed by atoms with Gasteiger partial charge in [0.2, 0.25) is 0 Å². The highest BCUT2D eigenvalue weighted by atomic mass is 15.0. The molecule has 4 heteroatoms. The van der Waals surface area contributed by atoms with Crippen LogP contribution in [0, 0.1) is 5.92 Å². The van der Waals surface area contributed by atoms with E-state index in [9.17, 15) is 0 Å². The molecule has 0 atom stereocenters. The number of anilines is 1. The van der Waals surface area contributed by atoms with Crippen LogP contribution in [-0.4, -0.2) is 4.98 Å². The predicted molar refractivity (Wildman–Crippen MR) is 92.7 cm³/mol. The number of benzene rings is 1. The summed E-state index contributed by atoms with van der Waals surface area (Å²) in [5.41, 5.74) is 14.0. The number of rotatable bonds is 5. The molecule has 5 N–H and O–H groups in total. The zero-order valence-corrected chi connectivity index (χ0v) is 12.4. The van der Waals surface area contributed by atoms with E-state index in [4.69, 9.17) is 11.5 Å². The lowest BCUT2D eigenvalue weighted by molar-refractivity contribution is 1.01. The van der Waals surface area contributed by atoms with Crippen molar-refractivity contribution in [2.75, 3.05) is 5.32 Å². The van der Waals surface area contributed by atoms with Crippen LogP contribution in [0.4, 0.5) is 5.82 Å². The highest BCUT2D eigenvalue weighted by Crippen LogP contribution is 2.35. The third-order valence-corrected chi connectivity index (χ3v) is 3.87. The molecule has 0 aliphatic heterocycles. The number of allylic oxidation sites excluding steroid dienone is 3. The number of pyridine rings is 1. The molecule has 0 radical (unpaired) electrons. The second-order valence-electron chi connectivity index (χ2n) is 5.54. The Labute approximate surface area is 130 Å². The van der Waals surface area contributed by atoms with E-state index in [2.05, 4.69) is 29.0 Å². The van der Waals surface area contributed by atoms with Crippen molar-refractivity contribution in [2.24, 2.45) is 17.4 Å². The predicted octanol–water partition coefficient (Wildman–Crippen LogP) is 3.34. The van der Waals surface area contributed by atoms with Crippen molar-refractivity contribution in [2.45, 2.75) is 12.8 Å². The number of nitrogens with two attached hydrogens (primary N) is 2. The van der Waals surface area contributed by atoms with Crippen LogP contribution in [0.15, 0.2) is 61.2 Å². The Balaban J connectivity index is 1.89. The molecule has 0 saturated heterocycles. The zero-order chi connectivity index (χ0) is 15.5. The van der Waals surface area contributed by atoms with E-state index in [0.29, 0.717) is 5.92 Å². The van der Waals surface area contributed by atoms with E-state index < -0.39 is 0 Å². The minimum atomic E-state index is 0.611. The molecule has 2 aromatic rings. The van der Waals surface area contributed by atoms with Gasteiger partial charge >= 0.3 is 0 Å². The first-order valence-electron chi connectivity index (χ1n) is 7.37. The number of hydrogen-bond donors (Lipinski definition) is 3. The van der Waals surface area contributed by atoms with Gasteiger partial charge in [-0.05, 0) is 59.7 Å². The van der Waals surface area contributed by atoms with Crippen molar-refractivity contribution < 1.29 is 0 Å². The summed E-state index contributed by atoms with van der Waals surface area (Å²) in [5, 5.41) is 5.48. The number of fused-ring (bicyclic) bond motifs is 1. The Bertz CT molecular complexity index is 770. The van der Waals surface area contributed by atoms with E-state index in [1.54, 1.807) is 12.3 Å². The second kappa shape index (κ2) is 5.93. The molecule has 0 amide bonds. The van der Waals surface area contributed by atoms with Crippen molar-refractivity contribution in [3.63, 3.8) is 0 Å². The monoisotopic (exact) mass is 292 g/mol. The van der Waals surface area contributed by atoms with E-state index in [1.807, 2.05) is 18.3 Å². The van der Waals surface area contributed by atoms with Crippen LogP contribution in [0.5, 0.6) is 0 Å². The molecule has 0 bridgehead atoms. The van der Waals surface area contributed by atoms with Gasteiger partial charge < -0.3 is 16.8 Å². The molecule has 3 rings (SSSR count). The van der Waals surface area contributed by atoms with Crippen LogP contribution in [0.1, 0.15) is 18.4 Å². The van der Waals surface area contributed by atoms with Gasteiger partial charge in [-0.3, -0.25) is 0 Å². The average Bonchev–Trinajstić information content (AvgIpc) is 3.37. The molecule has 1 aromatic heterocycles. The largest absolute Gasteiger partial charge is 0.405 e. The number of nitrogens with one attached hydrogen (secondary N) is 1. The number of aromatic nitrogens is 1. The van der Waals surface area contributed by atoms with E-state index in [0.717, 1.165) is 33.4 Å². The van der Waals surface area contributed by atoms with Crippen molar-refractivity contribution >= 4 is 22.2 Å². The van der Waals surface area contributed by atoms with Crippen molar-refractivity contribution in [3.8, 4) is 0 Å². The lowest BCUT2D eigenvalue weighted by Crippen LogP contribution is -2.01. The maximum absolute atomic E-state index is 5.64. The van der Waals surface area contributed by atoms with Gasteiger partial charge in [-0.2, -0.15) is 0 Å². The van der Waals surface area contributed by atoms with Crippen molar-refractivity contribution in [1.29, 1.82) is 0 Å². The van der Waals surface area contributed by atoms with E-state index in [1.165, 1.54) is 19.0 Å². The summed E-state index contributed by atoms with van der Waals surface area (Å²) < 4.78 is 0. The Morgan fingerprint density at radius 1 is 1.23 bits per heavy atom. The fraction of sp³-hybridized carbons (Fsp3) is 0.167. The zero-order valence-electron chi connectivity index (χ0n) is 12.4. The molecular weight excluding hydrogens is 272 g/mol.